The first-order valence-corrected chi connectivity index (χ1v) is 11.6. The van der Waals surface area contributed by atoms with Gasteiger partial charge < -0.3 is 23.5 Å². The zero-order chi connectivity index (χ0) is 23.7. The normalized spacial score (nSPS) is 14.1. The molecule has 0 atom stereocenters. The molecule has 0 aliphatic carbocycles. The monoisotopic (exact) mass is 461 g/mol. The summed E-state index contributed by atoms with van der Waals surface area (Å²) >= 11 is 0. The van der Waals surface area contributed by atoms with Crippen LogP contribution in [0.25, 0.3) is 11.1 Å². The van der Waals surface area contributed by atoms with Gasteiger partial charge in [-0.2, -0.15) is 0 Å². The molecule has 0 N–H and O–H groups in total. The van der Waals surface area contributed by atoms with E-state index in [1.54, 1.807) is 24.3 Å². The highest BCUT2D eigenvalue weighted by Crippen LogP contribution is 2.30. The van der Waals surface area contributed by atoms with E-state index in [9.17, 15) is 9.18 Å². The largest absolute Gasteiger partial charge is 0.492 e. The van der Waals surface area contributed by atoms with Crippen molar-refractivity contribution in [2.24, 2.45) is 0 Å². The van der Waals surface area contributed by atoms with Crippen LogP contribution in [0.4, 0.5) is 10.1 Å². The van der Waals surface area contributed by atoms with E-state index in [4.69, 9.17) is 9.15 Å². The lowest BCUT2D eigenvalue weighted by molar-refractivity contribution is 0.0736. The second-order valence-electron chi connectivity index (χ2n) is 8.49. The van der Waals surface area contributed by atoms with Crippen LogP contribution in [0.1, 0.15) is 28.7 Å². The summed E-state index contributed by atoms with van der Waals surface area (Å²) in [4.78, 5) is 17.7. The van der Waals surface area contributed by atoms with Gasteiger partial charge in [0.15, 0.2) is 5.58 Å². The van der Waals surface area contributed by atoms with Crippen LogP contribution in [0.3, 0.4) is 0 Å². The van der Waals surface area contributed by atoms with Gasteiger partial charge in [0.25, 0.3) is 5.91 Å². The fourth-order valence-electron chi connectivity index (χ4n) is 4.62. The first-order valence-electron chi connectivity index (χ1n) is 11.6. The number of aromatic nitrogens is 1. The SMILES string of the molecule is CCOc1ccccc1N1CCN(C(=O)c2cc3oc(C)cc3n2Cc2ccccc2F)CC1. The minimum Gasteiger partial charge on any atom is -0.492 e. The molecular weight excluding hydrogens is 433 g/mol. The second kappa shape index (κ2) is 9.25. The van der Waals surface area contributed by atoms with Gasteiger partial charge in [0, 0.05) is 43.9 Å². The third-order valence-corrected chi connectivity index (χ3v) is 6.29. The number of furan rings is 1. The topological polar surface area (TPSA) is 50.9 Å². The molecule has 6 nitrogen and oxygen atoms in total. The third kappa shape index (κ3) is 4.14. The van der Waals surface area contributed by atoms with Crippen molar-refractivity contribution >= 4 is 22.7 Å². The van der Waals surface area contributed by atoms with Crippen molar-refractivity contribution in [2.45, 2.75) is 20.4 Å². The molecule has 1 aliphatic rings. The molecule has 1 fully saturated rings. The zero-order valence-corrected chi connectivity index (χ0v) is 19.5. The Labute approximate surface area is 198 Å². The van der Waals surface area contributed by atoms with Crippen LogP contribution < -0.4 is 9.64 Å². The molecule has 1 saturated heterocycles. The number of carbonyl (C=O) groups excluding carboxylic acids is 1. The Balaban J connectivity index is 1.38. The summed E-state index contributed by atoms with van der Waals surface area (Å²) in [5.74, 6) is 1.26. The van der Waals surface area contributed by atoms with Crippen LogP contribution in [0, 0.1) is 12.7 Å². The number of hydrogen-bond donors (Lipinski definition) is 0. The van der Waals surface area contributed by atoms with Crippen molar-refractivity contribution in [3.05, 3.63) is 83.5 Å². The van der Waals surface area contributed by atoms with E-state index in [1.165, 1.54) is 6.07 Å². The average Bonchev–Trinajstić information content (AvgIpc) is 3.37. The molecule has 0 bridgehead atoms. The quantitative estimate of drug-likeness (QED) is 0.401. The maximum Gasteiger partial charge on any atom is 0.270 e. The molecule has 176 valence electrons. The Bertz CT molecular complexity index is 1320. The number of benzene rings is 2. The van der Waals surface area contributed by atoms with Gasteiger partial charge in [-0.15, -0.1) is 0 Å². The van der Waals surface area contributed by atoms with Crippen LogP contribution in [0.5, 0.6) is 5.75 Å². The molecular formula is C27H28FN3O3. The van der Waals surface area contributed by atoms with Crippen LogP contribution in [0.15, 0.2) is 65.1 Å². The number of hydrogen-bond acceptors (Lipinski definition) is 4. The van der Waals surface area contributed by atoms with Crippen LogP contribution in [-0.2, 0) is 6.54 Å². The Morgan fingerprint density at radius 2 is 1.76 bits per heavy atom. The lowest BCUT2D eigenvalue weighted by atomic mass is 10.2. The summed E-state index contributed by atoms with van der Waals surface area (Å²) in [6, 6.07) is 18.3. The molecule has 0 spiro atoms. The average molecular weight is 462 g/mol. The van der Waals surface area contributed by atoms with Gasteiger partial charge >= 0.3 is 0 Å². The molecule has 4 aromatic rings. The first kappa shape index (κ1) is 22.1. The van der Waals surface area contributed by atoms with Gasteiger partial charge in [-0.3, -0.25) is 4.79 Å². The maximum absolute atomic E-state index is 14.4. The van der Waals surface area contributed by atoms with Gasteiger partial charge in [-0.25, -0.2) is 4.39 Å². The van der Waals surface area contributed by atoms with Crippen molar-refractivity contribution < 1.29 is 18.3 Å². The lowest BCUT2D eigenvalue weighted by Gasteiger charge is -2.36. The van der Waals surface area contributed by atoms with Crippen molar-refractivity contribution in [1.29, 1.82) is 0 Å². The predicted molar refractivity (Wildman–Crippen MR) is 130 cm³/mol. The molecule has 34 heavy (non-hydrogen) atoms. The molecule has 1 aliphatic heterocycles. The number of aryl methyl sites for hydroxylation is 1. The van der Waals surface area contributed by atoms with E-state index in [1.807, 2.05) is 47.6 Å². The molecule has 2 aromatic carbocycles. The number of carbonyl (C=O) groups is 1. The Morgan fingerprint density at radius 1 is 1.03 bits per heavy atom. The second-order valence-corrected chi connectivity index (χ2v) is 8.49. The van der Waals surface area contributed by atoms with E-state index < -0.39 is 0 Å². The third-order valence-electron chi connectivity index (χ3n) is 6.29. The van der Waals surface area contributed by atoms with Gasteiger partial charge in [0.1, 0.15) is 23.0 Å². The standard InChI is InChI=1S/C27H28FN3O3/c1-3-33-25-11-7-6-10-22(25)29-12-14-30(15-13-29)27(32)24-17-26-23(16-19(2)34-26)31(24)18-20-8-4-5-9-21(20)28/h4-11,16-17H,3,12-15,18H2,1-2H3. The Kier molecular flexibility index (Phi) is 6.01. The molecule has 2 aromatic heterocycles. The van der Waals surface area contributed by atoms with E-state index in [-0.39, 0.29) is 18.3 Å². The zero-order valence-electron chi connectivity index (χ0n) is 19.5. The number of ether oxygens (including phenoxy) is 1. The Morgan fingerprint density at radius 3 is 2.53 bits per heavy atom. The van der Waals surface area contributed by atoms with E-state index in [0.717, 1.165) is 22.7 Å². The number of rotatable bonds is 6. The summed E-state index contributed by atoms with van der Waals surface area (Å²) in [6.45, 7) is 7.30. The number of halogens is 1. The molecule has 3 heterocycles. The molecule has 5 rings (SSSR count). The summed E-state index contributed by atoms with van der Waals surface area (Å²) in [6.07, 6.45) is 0. The summed E-state index contributed by atoms with van der Waals surface area (Å²) < 4.78 is 27.9. The van der Waals surface area contributed by atoms with Gasteiger partial charge in [-0.05, 0) is 32.0 Å². The fraction of sp³-hybridized carbons (Fsp3) is 0.296. The highest BCUT2D eigenvalue weighted by molar-refractivity contribution is 5.98. The summed E-state index contributed by atoms with van der Waals surface area (Å²) in [7, 11) is 0. The number of piperazine rings is 1. The first-order chi connectivity index (χ1) is 16.5. The van der Waals surface area contributed by atoms with Crippen molar-refractivity contribution in [2.75, 3.05) is 37.7 Å². The summed E-state index contributed by atoms with van der Waals surface area (Å²) in [5, 5.41) is 0. The number of amides is 1. The highest BCUT2D eigenvalue weighted by Gasteiger charge is 2.27. The van der Waals surface area contributed by atoms with Crippen molar-refractivity contribution in [3.8, 4) is 5.75 Å². The van der Waals surface area contributed by atoms with E-state index >= 15 is 0 Å². The molecule has 1 amide bonds. The molecule has 0 unspecified atom stereocenters. The fourth-order valence-corrected chi connectivity index (χ4v) is 4.62. The molecule has 0 radical (unpaired) electrons. The minimum atomic E-state index is -0.287. The van der Waals surface area contributed by atoms with Crippen LogP contribution in [-0.4, -0.2) is 48.2 Å². The van der Waals surface area contributed by atoms with Crippen molar-refractivity contribution in [1.82, 2.24) is 9.47 Å². The highest BCUT2D eigenvalue weighted by atomic mass is 19.1. The maximum atomic E-state index is 14.4. The Hall–Kier alpha value is -3.74. The predicted octanol–water partition coefficient (Wildman–Crippen LogP) is 5.09. The lowest BCUT2D eigenvalue weighted by Crippen LogP contribution is -2.49. The number of fused-ring (bicyclic) bond motifs is 1. The van der Waals surface area contributed by atoms with Crippen molar-refractivity contribution in [3.63, 3.8) is 0 Å². The number of anilines is 1. The van der Waals surface area contributed by atoms with Crippen LogP contribution >= 0.6 is 0 Å². The van der Waals surface area contributed by atoms with E-state index in [2.05, 4.69) is 11.0 Å². The van der Waals surface area contributed by atoms with Crippen LogP contribution in [0.2, 0.25) is 0 Å². The number of para-hydroxylation sites is 2. The van der Waals surface area contributed by atoms with Gasteiger partial charge in [0.2, 0.25) is 0 Å². The minimum absolute atomic E-state index is 0.0712. The van der Waals surface area contributed by atoms with E-state index in [0.29, 0.717) is 49.6 Å². The van der Waals surface area contributed by atoms with Gasteiger partial charge in [-0.1, -0.05) is 30.3 Å². The molecule has 0 saturated carbocycles. The van der Waals surface area contributed by atoms with Gasteiger partial charge in [0.05, 0.1) is 24.4 Å². The number of nitrogens with zero attached hydrogens (tertiary/aromatic N) is 3. The summed E-state index contributed by atoms with van der Waals surface area (Å²) in [5.41, 5.74) is 3.53. The molecule has 7 heteroatoms. The smallest absolute Gasteiger partial charge is 0.270 e.